The minimum atomic E-state index is -0.206. The topological polar surface area (TPSA) is 78.1 Å². The Morgan fingerprint density at radius 1 is 1.06 bits per heavy atom. The van der Waals surface area contributed by atoms with E-state index >= 15 is 0 Å². The van der Waals surface area contributed by atoms with Crippen molar-refractivity contribution in [3.63, 3.8) is 0 Å². The summed E-state index contributed by atoms with van der Waals surface area (Å²) in [5.41, 5.74) is 2.08. The lowest BCUT2D eigenvalue weighted by molar-refractivity contribution is -0.116. The number of rotatable bonds is 7. The largest absolute Gasteiger partial charge is 0.326 e. The highest BCUT2D eigenvalue weighted by molar-refractivity contribution is 7.99. The maximum atomic E-state index is 12.4. The molecule has 8 heteroatoms. The number of aromatic amines is 1. The molecule has 1 aliphatic rings. The number of nitrogens with one attached hydrogen (secondary N) is 2. The normalized spacial score (nSPS) is 14.2. The van der Waals surface area contributed by atoms with E-state index in [-0.39, 0.29) is 23.9 Å². The van der Waals surface area contributed by atoms with Crippen molar-refractivity contribution in [2.45, 2.75) is 19.3 Å². The highest BCUT2D eigenvalue weighted by Crippen LogP contribution is 2.26. The summed E-state index contributed by atoms with van der Waals surface area (Å²) < 4.78 is 0. The Kier molecular flexibility index (Phi) is 8.51. The molecule has 1 aliphatic heterocycles. The van der Waals surface area contributed by atoms with Crippen LogP contribution in [-0.2, 0) is 4.79 Å². The number of H-pyrrole nitrogens is 1. The first-order valence-electron chi connectivity index (χ1n) is 10.4. The minimum absolute atomic E-state index is 0. The minimum Gasteiger partial charge on any atom is -0.326 e. The van der Waals surface area contributed by atoms with Crippen molar-refractivity contribution >= 4 is 46.5 Å². The van der Waals surface area contributed by atoms with E-state index in [1.54, 1.807) is 6.07 Å². The van der Waals surface area contributed by atoms with Crippen LogP contribution in [-0.4, -0.2) is 52.1 Å². The number of thioether (sulfide) groups is 1. The average Bonchev–Trinajstić information content (AvgIpc) is 2.78. The molecular weight excluding hydrogens is 432 g/mol. The van der Waals surface area contributed by atoms with Gasteiger partial charge in [-0.2, -0.15) is 16.9 Å². The smallest absolute Gasteiger partial charge is 0.272 e. The van der Waals surface area contributed by atoms with Crippen LogP contribution in [0.1, 0.15) is 19.3 Å². The van der Waals surface area contributed by atoms with E-state index in [2.05, 4.69) is 20.4 Å². The monoisotopic (exact) mass is 458 g/mol. The number of anilines is 1. The van der Waals surface area contributed by atoms with Crippen molar-refractivity contribution < 1.29 is 4.79 Å². The van der Waals surface area contributed by atoms with Crippen molar-refractivity contribution in [3.05, 3.63) is 58.9 Å². The highest BCUT2D eigenvalue weighted by atomic mass is 35.5. The summed E-state index contributed by atoms with van der Waals surface area (Å²) >= 11 is 2.02. The zero-order valence-corrected chi connectivity index (χ0v) is 18.9. The van der Waals surface area contributed by atoms with Crippen LogP contribution in [0.5, 0.6) is 0 Å². The summed E-state index contributed by atoms with van der Waals surface area (Å²) in [5, 5.41) is 11.2. The van der Waals surface area contributed by atoms with E-state index in [1.165, 1.54) is 11.5 Å². The van der Waals surface area contributed by atoms with E-state index in [4.69, 9.17) is 0 Å². The first-order chi connectivity index (χ1) is 14.7. The predicted molar refractivity (Wildman–Crippen MR) is 131 cm³/mol. The lowest BCUT2D eigenvalue weighted by Gasteiger charge is -2.25. The van der Waals surface area contributed by atoms with Gasteiger partial charge in [-0.05, 0) is 37.6 Å². The molecule has 2 heterocycles. The van der Waals surface area contributed by atoms with E-state index in [0.29, 0.717) is 17.5 Å². The average molecular weight is 459 g/mol. The standard InChI is InChI=1S/C23H26N4O2S.ClH/c28-21(10-3-4-11-27-12-14-30-15-13-27)24-18-7-5-6-17(16-18)22-19-8-1-2-9-20(19)23(29)26-25-22;/h1-2,5-9,16H,3-4,10-15H2,(H,24,28)(H,26,29);1H. The van der Waals surface area contributed by atoms with Crippen molar-refractivity contribution in [2.24, 2.45) is 0 Å². The molecule has 31 heavy (non-hydrogen) atoms. The Labute approximate surface area is 192 Å². The van der Waals surface area contributed by atoms with Crippen LogP contribution in [0.15, 0.2) is 53.3 Å². The molecule has 1 saturated heterocycles. The van der Waals surface area contributed by atoms with Gasteiger partial charge in [-0.15, -0.1) is 12.4 Å². The number of benzene rings is 2. The van der Waals surface area contributed by atoms with Crippen LogP contribution < -0.4 is 10.9 Å². The molecule has 1 amide bonds. The molecule has 2 aromatic carbocycles. The summed E-state index contributed by atoms with van der Waals surface area (Å²) in [6, 6.07) is 15.0. The first kappa shape index (κ1) is 23.3. The number of carbonyl (C=O) groups excluding carboxylic acids is 1. The molecular formula is C23H27ClN4O2S. The molecule has 6 nitrogen and oxygen atoms in total. The molecule has 4 rings (SSSR count). The zero-order chi connectivity index (χ0) is 20.8. The van der Waals surface area contributed by atoms with Gasteiger partial charge in [0.05, 0.1) is 11.1 Å². The maximum Gasteiger partial charge on any atom is 0.272 e. The molecule has 0 atom stereocenters. The van der Waals surface area contributed by atoms with Gasteiger partial charge in [0.25, 0.3) is 5.56 Å². The number of unbranched alkanes of at least 4 members (excludes halogenated alkanes) is 1. The second kappa shape index (κ2) is 11.3. The molecule has 0 saturated carbocycles. The van der Waals surface area contributed by atoms with Crippen molar-refractivity contribution in [1.29, 1.82) is 0 Å². The zero-order valence-electron chi connectivity index (χ0n) is 17.3. The summed E-state index contributed by atoms with van der Waals surface area (Å²) in [7, 11) is 0. The number of hydrogen-bond donors (Lipinski definition) is 2. The van der Waals surface area contributed by atoms with Crippen LogP contribution in [0.3, 0.4) is 0 Å². The van der Waals surface area contributed by atoms with Gasteiger partial charge in [-0.1, -0.05) is 30.3 Å². The fraction of sp³-hybridized carbons (Fsp3) is 0.348. The van der Waals surface area contributed by atoms with Gasteiger partial charge in [0.1, 0.15) is 0 Å². The van der Waals surface area contributed by atoms with Gasteiger partial charge in [0.15, 0.2) is 0 Å². The van der Waals surface area contributed by atoms with Gasteiger partial charge in [0.2, 0.25) is 5.91 Å². The molecule has 1 fully saturated rings. The van der Waals surface area contributed by atoms with Crippen LogP contribution in [0.2, 0.25) is 0 Å². The molecule has 0 unspecified atom stereocenters. The number of hydrogen-bond acceptors (Lipinski definition) is 5. The predicted octanol–water partition coefficient (Wildman–Crippen LogP) is 4.17. The van der Waals surface area contributed by atoms with Crippen LogP contribution >= 0.6 is 24.2 Å². The Morgan fingerprint density at radius 3 is 2.65 bits per heavy atom. The second-order valence-electron chi connectivity index (χ2n) is 7.49. The van der Waals surface area contributed by atoms with Gasteiger partial charge in [0, 0.05) is 47.7 Å². The maximum absolute atomic E-state index is 12.4. The van der Waals surface area contributed by atoms with Gasteiger partial charge in [-0.3, -0.25) is 9.59 Å². The lowest BCUT2D eigenvalue weighted by atomic mass is 10.0. The van der Waals surface area contributed by atoms with E-state index < -0.39 is 0 Å². The SMILES string of the molecule is Cl.O=C(CCCCN1CCSCC1)Nc1cccc(-c2n[nH]c(=O)c3ccccc23)c1. The highest BCUT2D eigenvalue weighted by Gasteiger charge is 2.11. The number of amides is 1. The van der Waals surface area contributed by atoms with Crippen LogP contribution in [0, 0.1) is 0 Å². The van der Waals surface area contributed by atoms with Crippen molar-refractivity contribution in [1.82, 2.24) is 15.1 Å². The molecule has 0 bridgehead atoms. The Hall–Kier alpha value is -2.35. The van der Waals surface area contributed by atoms with Crippen LogP contribution in [0.4, 0.5) is 5.69 Å². The lowest BCUT2D eigenvalue weighted by Crippen LogP contribution is -2.33. The second-order valence-corrected chi connectivity index (χ2v) is 8.71. The van der Waals surface area contributed by atoms with E-state index in [1.807, 2.05) is 54.2 Å². The molecule has 0 radical (unpaired) electrons. The van der Waals surface area contributed by atoms with Gasteiger partial charge < -0.3 is 10.2 Å². The number of halogens is 1. The molecule has 2 N–H and O–H groups in total. The van der Waals surface area contributed by atoms with E-state index in [9.17, 15) is 9.59 Å². The summed E-state index contributed by atoms with van der Waals surface area (Å²) in [6.07, 6.45) is 2.46. The quantitative estimate of drug-likeness (QED) is 0.519. The van der Waals surface area contributed by atoms with Crippen LogP contribution in [0.25, 0.3) is 22.0 Å². The Balaban J connectivity index is 0.00000272. The first-order valence-corrected chi connectivity index (χ1v) is 11.5. The van der Waals surface area contributed by atoms with Crippen molar-refractivity contribution in [2.75, 3.05) is 36.5 Å². The molecule has 0 spiro atoms. The number of carbonyl (C=O) groups is 1. The van der Waals surface area contributed by atoms with E-state index in [0.717, 1.165) is 49.1 Å². The van der Waals surface area contributed by atoms with Gasteiger partial charge in [-0.25, -0.2) is 5.10 Å². The third kappa shape index (κ3) is 6.09. The molecule has 0 aliphatic carbocycles. The summed E-state index contributed by atoms with van der Waals surface area (Å²) in [4.78, 5) is 26.9. The molecule has 164 valence electrons. The fourth-order valence-corrected chi connectivity index (χ4v) is 4.73. The third-order valence-electron chi connectivity index (χ3n) is 5.35. The molecule has 1 aromatic heterocycles. The number of aromatic nitrogens is 2. The van der Waals surface area contributed by atoms with Gasteiger partial charge >= 0.3 is 0 Å². The Bertz CT molecular complexity index is 1080. The number of nitrogens with zero attached hydrogens (tertiary/aromatic N) is 2. The number of fused-ring (bicyclic) bond motifs is 1. The van der Waals surface area contributed by atoms with Crippen molar-refractivity contribution in [3.8, 4) is 11.3 Å². The Morgan fingerprint density at radius 2 is 1.84 bits per heavy atom. The summed E-state index contributed by atoms with van der Waals surface area (Å²) in [6.45, 7) is 3.41. The summed E-state index contributed by atoms with van der Waals surface area (Å²) in [5.74, 6) is 2.47. The fourth-order valence-electron chi connectivity index (χ4n) is 3.75. The third-order valence-corrected chi connectivity index (χ3v) is 6.29. The molecule has 3 aromatic rings.